The van der Waals surface area contributed by atoms with E-state index in [-0.39, 0.29) is 36.8 Å². The number of anilines is 1. The summed E-state index contributed by atoms with van der Waals surface area (Å²) >= 11 is 0. The Labute approximate surface area is 223 Å². The first kappa shape index (κ1) is 24.8. The Morgan fingerprint density at radius 3 is 2.55 bits per heavy atom. The van der Waals surface area contributed by atoms with Crippen molar-refractivity contribution in [2.24, 2.45) is 5.92 Å². The first-order valence-electron chi connectivity index (χ1n) is 13.9. The SMILES string of the molecule is CN(C(=O)[C@H]1CCCN(c2cccc3c2C(=O)N(C[C@H]2COc4ccccc4O2)C3=O)C1)C1CCCCC1. The molecule has 0 N–H and O–H groups in total. The van der Waals surface area contributed by atoms with Crippen LogP contribution < -0.4 is 14.4 Å². The van der Waals surface area contributed by atoms with Gasteiger partial charge < -0.3 is 19.3 Å². The molecule has 200 valence electrons. The molecule has 0 unspecified atom stereocenters. The van der Waals surface area contributed by atoms with E-state index in [1.165, 1.54) is 24.2 Å². The fourth-order valence-corrected chi connectivity index (χ4v) is 6.44. The molecule has 2 fully saturated rings. The van der Waals surface area contributed by atoms with Gasteiger partial charge in [0.15, 0.2) is 17.6 Å². The third-order valence-corrected chi connectivity index (χ3v) is 8.51. The molecule has 1 saturated heterocycles. The highest BCUT2D eigenvalue weighted by molar-refractivity contribution is 6.23. The number of imide groups is 1. The van der Waals surface area contributed by atoms with Crippen LogP contribution in [0, 0.1) is 5.92 Å². The van der Waals surface area contributed by atoms with Gasteiger partial charge in [-0.15, -0.1) is 0 Å². The van der Waals surface area contributed by atoms with Crippen LogP contribution in [-0.4, -0.2) is 73.0 Å². The predicted molar refractivity (Wildman–Crippen MR) is 143 cm³/mol. The zero-order valence-corrected chi connectivity index (χ0v) is 21.9. The largest absolute Gasteiger partial charge is 0.486 e. The Hall–Kier alpha value is -3.55. The van der Waals surface area contributed by atoms with Crippen LogP contribution in [0.3, 0.4) is 0 Å². The minimum atomic E-state index is -0.442. The first-order chi connectivity index (χ1) is 18.5. The molecule has 3 aliphatic heterocycles. The molecule has 2 aromatic rings. The Balaban J connectivity index is 1.17. The number of ether oxygens (including phenoxy) is 2. The number of fused-ring (bicyclic) bond motifs is 2. The molecule has 0 aromatic heterocycles. The van der Waals surface area contributed by atoms with E-state index in [4.69, 9.17) is 9.47 Å². The van der Waals surface area contributed by atoms with Gasteiger partial charge in [-0.2, -0.15) is 0 Å². The minimum absolute atomic E-state index is 0.109. The van der Waals surface area contributed by atoms with Crippen LogP contribution in [0.4, 0.5) is 5.69 Å². The van der Waals surface area contributed by atoms with Crippen molar-refractivity contribution in [1.29, 1.82) is 0 Å². The van der Waals surface area contributed by atoms with E-state index < -0.39 is 6.10 Å². The second-order valence-corrected chi connectivity index (χ2v) is 10.9. The summed E-state index contributed by atoms with van der Waals surface area (Å²) in [6.07, 6.45) is 7.07. The number of para-hydroxylation sites is 2. The number of hydrogen-bond donors (Lipinski definition) is 0. The van der Waals surface area contributed by atoms with Crippen molar-refractivity contribution in [1.82, 2.24) is 9.80 Å². The van der Waals surface area contributed by atoms with Crippen LogP contribution in [-0.2, 0) is 4.79 Å². The summed E-state index contributed by atoms with van der Waals surface area (Å²) in [6.45, 7) is 1.70. The summed E-state index contributed by atoms with van der Waals surface area (Å²) in [5.41, 5.74) is 1.59. The molecule has 3 amide bonds. The fraction of sp³-hybridized carbons (Fsp3) is 0.500. The lowest BCUT2D eigenvalue weighted by atomic mass is 9.91. The standard InChI is InChI=1S/C30H35N3O5/c1-31(21-10-3-2-4-11-21)28(34)20-9-8-16-32(17-20)24-13-7-12-23-27(24)30(36)33(29(23)35)18-22-19-37-25-14-5-6-15-26(25)38-22/h5-7,12-15,20-22H,2-4,8-11,16-19H2,1H3/t20-,22-/m0/s1. The van der Waals surface area contributed by atoms with Gasteiger partial charge in [-0.05, 0) is 49.9 Å². The molecular weight excluding hydrogens is 482 g/mol. The van der Waals surface area contributed by atoms with Crippen LogP contribution in [0.5, 0.6) is 11.5 Å². The molecule has 1 saturated carbocycles. The van der Waals surface area contributed by atoms with E-state index in [0.717, 1.165) is 37.9 Å². The van der Waals surface area contributed by atoms with Crippen molar-refractivity contribution >= 4 is 23.4 Å². The zero-order valence-electron chi connectivity index (χ0n) is 21.9. The predicted octanol–water partition coefficient (Wildman–Crippen LogP) is 4.13. The molecule has 0 spiro atoms. The number of carbonyl (C=O) groups excluding carboxylic acids is 3. The maximum absolute atomic E-state index is 13.6. The Morgan fingerprint density at radius 2 is 1.74 bits per heavy atom. The summed E-state index contributed by atoms with van der Waals surface area (Å²) in [4.78, 5) is 45.8. The topological polar surface area (TPSA) is 79.4 Å². The summed E-state index contributed by atoms with van der Waals surface area (Å²) in [5, 5.41) is 0. The molecular formula is C30H35N3O5. The van der Waals surface area contributed by atoms with E-state index in [1.54, 1.807) is 6.07 Å². The van der Waals surface area contributed by atoms with Crippen molar-refractivity contribution in [3.05, 3.63) is 53.6 Å². The van der Waals surface area contributed by atoms with Gasteiger partial charge >= 0.3 is 0 Å². The molecule has 6 rings (SSSR count). The van der Waals surface area contributed by atoms with Gasteiger partial charge in [0.2, 0.25) is 5.91 Å². The fourth-order valence-electron chi connectivity index (χ4n) is 6.44. The van der Waals surface area contributed by atoms with Gasteiger partial charge in [-0.1, -0.05) is 37.5 Å². The van der Waals surface area contributed by atoms with Crippen LogP contribution in [0.1, 0.15) is 65.7 Å². The molecule has 8 heteroatoms. The van der Waals surface area contributed by atoms with Crippen molar-refractivity contribution in [3.8, 4) is 11.5 Å². The smallest absolute Gasteiger partial charge is 0.263 e. The first-order valence-corrected chi connectivity index (χ1v) is 13.9. The molecule has 38 heavy (non-hydrogen) atoms. The highest BCUT2D eigenvalue weighted by atomic mass is 16.6. The summed E-state index contributed by atoms with van der Waals surface area (Å²) < 4.78 is 11.8. The monoisotopic (exact) mass is 517 g/mol. The molecule has 3 heterocycles. The molecule has 4 aliphatic rings. The highest BCUT2D eigenvalue weighted by Gasteiger charge is 2.41. The van der Waals surface area contributed by atoms with Crippen molar-refractivity contribution in [2.75, 3.05) is 38.2 Å². The molecule has 1 aliphatic carbocycles. The third-order valence-electron chi connectivity index (χ3n) is 8.51. The average molecular weight is 518 g/mol. The van der Waals surface area contributed by atoms with E-state index in [2.05, 4.69) is 4.90 Å². The van der Waals surface area contributed by atoms with E-state index in [0.29, 0.717) is 35.2 Å². The van der Waals surface area contributed by atoms with Gasteiger partial charge in [-0.3, -0.25) is 19.3 Å². The minimum Gasteiger partial charge on any atom is -0.486 e. The lowest BCUT2D eigenvalue weighted by molar-refractivity contribution is -0.137. The van der Waals surface area contributed by atoms with Gasteiger partial charge in [0.05, 0.1) is 29.3 Å². The van der Waals surface area contributed by atoms with Crippen molar-refractivity contribution < 1.29 is 23.9 Å². The van der Waals surface area contributed by atoms with Crippen molar-refractivity contribution in [2.45, 2.75) is 57.1 Å². The van der Waals surface area contributed by atoms with Crippen LogP contribution >= 0.6 is 0 Å². The zero-order chi connectivity index (χ0) is 26.2. The second-order valence-electron chi connectivity index (χ2n) is 10.9. The summed E-state index contributed by atoms with van der Waals surface area (Å²) in [5.74, 6) is 0.752. The van der Waals surface area contributed by atoms with Crippen LogP contribution in [0.15, 0.2) is 42.5 Å². The van der Waals surface area contributed by atoms with Gasteiger partial charge in [-0.25, -0.2) is 0 Å². The van der Waals surface area contributed by atoms with Gasteiger partial charge in [0.25, 0.3) is 11.8 Å². The maximum Gasteiger partial charge on any atom is 0.263 e. The Bertz CT molecular complexity index is 1240. The number of rotatable bonds is 5. The second kappa shape index (κ2) is 10.3. The third kappa shape index (κ3) is 4.50. The summed E-state index contributed by atoms with van der Waals surface area (Å²) in [6, 6.07) is 13.2. The van der Waals surface area contributed by atoms with Crippen molar-refractivity contribution in [3.63, 3.8) is 0 Å². The van der Waals surface area contributed by atoms with Gasteiger partial charge in [0, 0.05) is 26.2 Å². The van der Waals surface area contributed by atoms with Crippen LogP contribution in [0.2, 0.25) is 0 Å². The Kier molecular flexibility index (Phi) is 6.72. The van der Waals surface area contributed by atoms with E-state index >= 15 is 0 Å². The number of carbonyl (C=O) groups is 3. The molecule has 8 nitrogen and oxygen atoms in total. The number of nitrogens with zero attached hydrogens (tertiary/aromatic N) is 3. The number of piperidine rings is 1. The highest BCUT2D eigenvalue weighted by Crippen LogP contribution is 2.36. The Morgan fingerprint density at radius 1 is 0.947 bits per heavy atom. The van der Waals surface area contributed by atoms with E-state index in [9.17, 15) is 14.4 Å². The van der Waals surface area contributed by atoms with Gasteiger partial charge in [0.1, 0.15) is 6.61 Å². The molecule has 2 aromatic carbocycles. The average Bonchev–Trinajstić information content (AvgIpc) is 3.21. The summed E-state index contributed by atoms with van der Waals surface area (Å²) in [7, 11) is 1.95. The normalized spacial score (nSPS) is 23.4. The lowest BCUT2D eigenvalue weighted by Crippen LogP contribution is -2.47. The lowest BCUT2D eigenvalue weighted by Gasteiger charge is -2.38. The number of benzene rings is 2. The number of amides is 3. The molecule has 0 bridgehead atoms. The number of hydrogen-bond acceptors (Lipinski definition) is 6. The van der Waals surface area contributed by atoms with Crippen LogP contribution in [0.25, 0.3) is 0 Å². The quantitative estimate of drug-likeness (QED) is 0.555. The molecule has 0 radical (unpaired) electrons. The molecule has 2 atom stereocenters. The van der Waals surface area contributed by atoms with E-state index in [1.807, 2.05) is 48.3 Å². The maximum atomic E-state index is 13.6.